The van der Waals surface area contributed by atoms with E-state index < -0.39 is 40.5 Å². The molecule has 0 radical (unpaired) electrons. The zero-order valence-electron chi connectivity index (χ0n) is 30.9. The monoisotopic (exact) mass is 764 g/mol. The first-order valence-electron chi connectivity index (χ1n) is 19.0. The number of aromatic nitrogens is 1. The van der Waals surface area contributed by atoms with Crippen LogP contribution in [-0.4, -0.2) is 93.6 Å². The molecule has 3 aromatic carbocycles. The van der Waals surface area contributed by atoms with E-state index in [1.54, 1.807) is 26.0 Å². The number of hydrogen-bond donors (Lipinski definition) is 4. The summed E-state index contributed by atoms with van der Waals surface area (Å²) in [6.07, 6.45) is 0.503. The van der Waals surface area contributed by atoms with Gasteiger partial charge in [0.1, 0.15) is 23.3 Å². The van der Waals surface area contributed by atoms with Gasteiger partial charge >= 0.3 is 5.97 Å². The lowest BCUT2D eigenvalue weighted by Gasteiger charge is -2.60. The van der Waals surface area contributed by atoms with Gasteiger partial charge in [-0.15, -0.1) is 0 Å². The second kappa shape index (κ2) is 10.5. The summed E-state index contributed by atoms with van der Waals surface area (Å²) >= 11 is 1.72. The summed E-state index contributed by atoms with van der Waals surface area (Å²) in [5.74, 6) is 2.52. The Morgan fingerprint density at radius 2 is 1.89 bits per heavy atom. The van der Waals surface area contributed by atoms with Gasteiger partial charge in [-0.05, 0) is 61.6 Å². The predicted molar refractivity (Wildman–Crippen MR) is 199 cm³/mol. The summed E-state index contributed by atoms with van der Waals surface area (Å²) in [5.41, 5.74) is 5.09. The van der Waals surface area contributed by atoms with Crippen molar-refractivity contribution >= 4 is 34.4 Å². The van der Waals surface area contributed by atoms with Crippen molar-refractivity contribution in [1.82, 2.24) is 20.1 Å². The predicted octanol–water partition coefficient (Wildman–Crippen LogP) is 4.07. The summed E-state index contributed by atoms with van der Waals surface area (Å²) in [6.45, 7) is 5.72. The van der Waals surface area contributed by atoms with Crippen LogP contribution < -0.4 is 29.0 Å². The fourth-order valence-corrected chi connectivity index (χ4v) is 14.3. The summed E-state index contributed by atoms with van der Waals surface area (Å²) in [7, 11) is 3.22. The molecule has 13 nitrogen and oxygen atoms in total. The molecule has 1 aliphatic carbocycles. The van der Waals surface area contributed by atoms with E-state index in [1.165, 1.54) is 6.92 Å². The Morgan fingerprint density at radius 1 is 1.07 bits per heavy atom. The fourth-order valence-electron chi connectivity index (χ4n) is 12.4. The standard InChI is InChI=1S/C41H40N4O9S/c1-15-10-21-23-12-24-38(48)45-29(28(44(23)24)25(21)30(47)31(15)51-5)37-41(27-26(36(41)45)34-33(52-14-53-34)16(2)32(27)54-17(3)46)39(49)40(13-55-37)35-19(8-9-42-40)20-11-18(50-4)6-7-22(20)43-35/h6-7,10-11,23-24,28-29,36-38,42-43,47-48H,8-9,12-14H2,1-5H3/t23-,24+,28-,29-,36-,37+,38+,40-,41?/m1/s1. The average Bonchev–Trinajstić information content (AvgIpc) is 3.89. The second-order valence-electron chi connectivity index (χ2n) is 16.3. The topological polar surface area (TPSA) is 155 Å². The van der Waals surface area contributed by atoms with Crippen molar-refractivity contribution in [2.45, 2.75) is 86.3 Å². The summed E-state index contributed by atoms with van der Waals surface area (Å²) in [5, 5.41) is 29.0. The van der Waals surface area contributed by atoms with Crippen molar-refractivity contribution in [2.75, 3.05) is 33.3 Å². The number of aliphatic hydroxyl groups excluding tert-OH is 1. The highest BCUT2D eigenvalue weighted by Gasteiger charge is 2.82. The lowest BCUT2D eigenvalue weighted by atomic mass is 9.52. The molecule has 0 bridgehead atoms. The minimum atomic E-state index is -1.26. The number of hydrogen-bond acceptors (Lipinski definition) is 13. The number of aliphatic hydroxyl groups is 1. The molecule has 4 N–H and O–H groups in total. The summed E-state index contributed by atoms with van der Waals surface area (Å²) in [4.78, 5) is 37.6. The average molecular weight is 765 g/mol. The number of methoxy groups -OCH3 is 2. The minimum absolute atomic E-state index is 0.0154. The molecule has 7 aliphatic heterocycles. The van der Waals surface area contributed by atoms with Crippen LogP contribution in [0.1, 0.15) is 76.1 Å². The molecule has 2 spiro atoms. The van der Waals surface area contributed by atoms with Gasteiger partial charge in [-0.3, -0.25) is 24.7 Å². The van der Waals surface area contributed by atoms with Crippen molar-refractivity contribution in [3.05, 3.63) is 68.9 Å². The molecule has 55 heavy (non-hydrogen) atoms. The number of thioether (sulfide) groups is 1. The van der Waals surface area contributed by atoms with E-state index in [-0.39, 0.29) is 36.5 Å². The van der Waals surface area contributed by atoms with E-state index in [0.29, 0.717) is 52.8 Å². The van der Waals surface area contributed by atoms with Gasteiger partial charge in [0.05, 0.1) is 37.8 Å². The number of ether oxygens (including phenoxy) is 5. The van der Waals surface area contributed by atoms with Crippen LogP contribution in [0.2, 0.25) is 0 Å². The SMILES string of the molecule is COc1ccc2[nH]c3c(c2c1)CCN[C@]31CS[C@H]2[C@H]3[C@H]4c5c(cc(C)c(OC)c5O)[C@H]5C[C@@H]([C@H](O)N3[C@@H]3c6c7c(c(C)c(OC(C)=O)c6C23C1=O)OCO7)N54. The first kappa shape index (κ1) is 32.7. The zero-order chi connectivity index (χ0) is 37.6. The number of phenols is 1. The van der Waals surface area contributed by atoms with Crippen LogP contribution in [0, 0.1) is 13.8 Å². The Labute approximate surface area is 320 Å². The molecule has 0 saturated carbocycles. The maximum absolute atomic E-state index is 16.5. The zero-order valence-corrected chi connectivity index (χ0v) is 31.8. The molecule has 14 heteroatoms. The minimum Gasteiger partial charge on any atom is -0.504 e. The highest BCUT2D eigenvalue weighted by Crippen LogP contribution is 2.78. The number of aromatic amines is 1. The fraction of sp³-hybridized carbons (Fsp3) is 0.463. The van der Waals surface area contributed by atoms with Gasteiger partial charge in [0.2, 0.25) is 6.79 Å². The molecule has 8 heterocycles. The van der Waals surface area contributed by atoms with Crippen molar-refractivity contribution < 1.29 is 43.5 Å². The van der Waals surface area contributed by atoms with Crippen molar-refractivity contribution in [3.63, 3.8) is 0 Å². The third-order valence-corrected chi connectivity index (χ3v) is 15.9. The number of phenolic OH excluding ortho intramolecular Hbond substituents is 1. The van der Waals surface area contributed by atoms with Crippen LogP contribution in [0.5, 0.6) is 34.5 Å². The van der Waals surface area contributed by atoms with Gasteiger partial charge in [0.25, 0.3) is 0 Å². The Hall–Kier alpha value is -4.47. The lowest BCUT2D eigenvalue weighted by molar-refractivity contribution is -0.205. The van der Waals surface area contributed by atoms with Gasteiger partial charge in [0, 0.05) is 75.4 Å². The number of H-pyrrole nitrogens is 1. The van der Waals surface area contributed by atoms with Gasteiger partial charge in [-0.2, -0.15) is 11.8 Å². The Kier molecular flexibility index (Phi) is 6.24. The number of fused-ring (bicyclic) bond motifs is 15. The Balaban J connectivity index is 1.13. The molecule has 4 saturated heterocycles. The number of nitrogens with one attached hydrogen (secondary N) is 2. The number of aryl methyl sites for hydroxylation is 1. The number of benzene rings is 3. The van der Waals surface area contributed by atoms with Crippen LogP contribution in [0.15, 0.2) is 24.3 Å². The molecular formula is C41H40N4O9S. The van der Waals surface area contributed by atoms with Crippen LogP contribution in [0.4, 0.5) is 0 Å². The molecule has 284 valence electrons. The summed E-state index contributed by atoms with van der Waals surface area (Å²) < 4.78 is 29.8. The smallest absolute Gasteiger partial charge is 0.308 e. The van der Waals surface area contributed by atoms with E-state index >= 15 is 4.79 Å². The third-order valence-electron chi connectivity index (χ3n) is 14.3. The number of ketones is 1. The van der Waals surface area contributed by atoms with Crippen LogP contribution in [0.3, 0.4) is 0 Å². The molecule has 12 rings (SSSR count). The number of nitrogens with zero attached hydrogens (tertiary/aromatic N) is 2. The van der Waals surface area contributed by atoms with Crippen LogP contribution in [-0.2, 0) is 27.0 Å². The number of esters is 1. The number of rotatable bonds is 3. The summed E-state index contributed by atoms with van der Waals surface area (Å²) in [6, 6.07) is 6.47. The first-order valence-corrected chi connectivity index (χ1v) is 20.0. The number of Topliss-reactive ketones (excluding diaryl/α,β-unsaturated/α-hetero) is 1. The molecule has 9 atom stereocenters. The Bertz CT molecular complexity index is 2490. The Morgan fingerprint density at radius 3 is 2.67 bits per heavy atom. The maximum atomic E-state index is 16.5. The molecule has 0 amide bonds. The van der Waals surface area contributed by atoms with Crippen molar-refractivity contribution in [3.8, 4) is 34.5 Å². The normalized spacial score (nSPS) is 34.1. The van der Waals surface area contributed by atoms with Crippen molar-refractivity contribution in [1.29, 1.82) is 0 Å². The number of carbonyl (C=O) groups excluding carboxylic acids is 2. The highest BCUT2D eigenvalue weighted by atomic mass is 32.2. The second-order valence-corrected chi connectivity index (χ2v) is 17.5. The first-order chi connectivity index (χ1) is 26.6. The number of aromatic hydroxyl groups is 1. The van der Waals surface area contributed by atoms with E-state index in [2.05, 4.69) is 26.2 Å². The molecule has 1 unspecified atom stereocenters. The van der Waals surface area contributed by atoms with E-state index in [9.17, 15) is 15.0 Å². The number of carbonyl (C=O) groups is 2. The van der Waals surface area contributed by atoms with Gasteiger partial charge < -0.3 is 38.9 Å². The largest absolute Gasteiger partial charge is 0.504 e. The molecule has 4 aromatic rings. The van der Waals surface area contributed by atoms with Gasteiger partial charge in [-0.25, -0.2) is 0 Å². The van der Waals surface area contributed by atoms with Crippen LogP contribution in [0.25, 0.3) is 10.9 Å². The quantitative estimate of drug-likeness (QED) is 0.175. The maximum Gasteiger partial charge on any atom is 0.308 e. The molecule has 4 fully saturated rings. The molecule has 1 aromatic heterocycles. The third kappa shape index (κ3) is 3.47. The molecule has 8 aliphatic rings. The molecular weight excluding hydrogens is 725 g/mol. The number of piperazine rings is 1. The van der Waals surface area contributed by atoms with Gasteiger partial charge in [0.15, 0.2) is 28.8 Å². The lowest BCUT2D eigenvalue weighted by Crippen LogP contribution is -2.70. The van der Waals surface area contributed by atoms with Crippen molar-refractivity contribution in [2.24, 2.45) is 0 Å². The highest BCUT2D eigenvalue weighted by molar-refractivity contribution is 8.00. The van der Waals surface area contributed by atoms with Crippen LogP contribution >= 0.6 is 11.8 Å². The van der Waals surface area contributed by atoms with E-state index in [0.717, 1.165) is 56.6 Å². The van der Waals surface area contributed by atoms with Gasteiger partial charge in [-0.1, -0.05) is 6.07 Å². The van der Waals surface area contributed by atoms with E-state index in [4.69, 9.17) is 23.7 Å². The van der Waals surface area contributed by atoms with E-state index in [1.807, 2.05) is 32.0 Å².